The fourth-order valence-corrected chi connectivity index (χ4v) is 2.61. The van der Waals surface area contributed by atoms with Gasteiger partial charge >= 0.3 is 0 Å². The quantitative estimate of drug-likeness (QED) is 0.600. The van der Waals surface area contributed by atoms with Crippen molar-refractivity contribution in [3.05, 3.63) is 42.0 Å². The molecule has 0 saturated carbocycles. The first kappa shape index (κ1) is 15.0. The SMILES string of the molecule is CCCNCc1cn(CCSc2ccccc2F)nn1. The van der Waals surface area contributed by atoms with Crippen LogP contribution in [0.2, 0.25) is 0 Å². The largest absolute Gasteiger partial charge is 0.311 e. The maximum Gasteiger partial charge on any atom is 0.136 e. The number of halogens is 1. The number of hydrogen-bond acceptors (Lipinski definition) is 4. The molecular formula is C14H19FN4S. The number of nitrogens with one attached hydrogen (secondary N) is 1. The van der Waals surface area contributed by atoms with Gasteiger partial charge in [0.2, 0.25) is 0 Å². The highest BCUT2D eigenvalue weighted by atomic mass is 32.2. The summed E-state index contributed by atoms with van der Waals surface area (Å²) in [7, 11) is 0. The molecule has 1 heterocycles. The van der Waals surface area contributed by atoms with Crippen molar-refractivity contribution in [2.45, 2.75) is 31.3 Å². The molecule has 0 fully saturated rings. The van der Waals surface area contributed by atoms with Crippen LogP contribution in [-0.2, 0) is 13.1 Å². The Hall–Kier alpha value is -1.40. The van der Waals surface area contributed by atoms with Crippen molar-refractivity contribution in [1.29, 1.82) is 0 Å². The van der Waals surface area contributed by atoms with Crippen LogP contribution in [0.25, 0.3) is 0 Å². The lowest BCUT2D eigenvalue weighted by Gasteiger charge is -2.02. The predicted molar refractivity (Wildman–Crippen MR) is 79.1 cm³/mol. The van der Waals surface area contributed by atoms with Gasteiger partial charge in [-0.1, -0.05) is 24.3 Å². The normalized spacial score (nSPS) is 10.9. The molecule has 0 bridgehead atoms. The Bertz CT molecular complexity index is 529. The summed E-state index contributed by atoms with van der Waals surface area (Å²) < 4.78 is 15.2. The second kappa shape index (κ2) is 8.01. The Morgan fingerprint density at radius 3 is 3.00 bits per heavy atom. The van der Waals surface area contributed by atoms with Crippen molar-refractivity contribution in [3.8, 4) is 0 Å². The van der Waals surface area contributed by atoms with Gasteiger partial charge in [-0.25, -0.2) is 4.39 Å². The smallest absolute Gasteiger partial charge is 0.136 e. The Kier molecular flexibility index (Phi) is 6.01. The first-order valence-electron chi connectivity index (χ1n) is 6.76. The minimum Gasteiger partial charge on any atom is -0.311 e. The summed E-state index contributed by atoms with van der Waals surface area (Å²) in [6.07, 6.45) is 3.04. The molecule has 0 unspecified atom stereocenters. The van der Waals surface area contributed by atoms with Gasteiger partial charge in [0.25, 0.3) is 0 Å². The van der Waals surface area contributed by atoms with Crippen molar-refractivity contribution < 1.29 is 4.39 Å². The minimum absolute atomic E-state index is 0.166. The van der Waals surface area contributed by atoms with E-state index >= 15 is 0 Å². The van der Waals surface area contributed by atoms with Crippen LogP contribution in [0.4, 0.5) is 4.39 Å². The van der Waals surface area contributed by atoms with Gasteiger partial charge in [-0.3, -0.25) is 4.68 Å². The lowest BCUT2D eigenvalue weighted by molar-refractivity contribution is 0.600. The summed E-state index contributed by atoms with van der Waals surface area (Å²) in [4.78, 5) is 0.678. The molecule has 4 nitrogen and oxygen atoms in total. The molecule has 0 amide bonds. The summed E-state index contributed by atoms with van der Waals surface area (Å²) in [6.45, 7) is 4.58. The molecule has 1 aromatic carbocycles. The number of nitrogens with zero attached hydrogens (tertiary/aromatic N) is 3. The molecule has 108 valence electrons. The molecule has 2 rings (SSSR count). The minimum atomic E-state index is -0.166. The van der Waals surface area contributed by atoms with Crippen molar-refractivity contribution in [2.75, 3.05) is 12.3 Å². The van der Waals surface area contributed by atoms with E-state index < -0.39 is 0 Å². The zero-order chi connectivity index (χ0) is 14.2. The first-order valence-corrected chi connectivity index (χ1v) is 7.75. The zero-order valence-electron chi connectivity index (χ0n) is 11.6. The summed E-state index contributed by atoms with van der Waals surface area (Å²) in [5, 5.41) is 11.4. The van der Waals surface area contributed by atoms with E-state index in [1.807, 2.05) is 12.3 Å². The van der Waals surface area contributed by atoms with Crippen LogP contribution in [0.3, 0.4) is 0 Å². The van der Waals surface area contributed by atoms with Gasteiger partial charge in [0.1, 0.15) is 5.82 Å². The summed E-state index contributed by atoms with van der Waals surface area (Å²) in [5.41, 5.74) is 0.939. The molecule has 0 aliphatic rings. The van der Waals surface area contributed by atoms with Gasteiger partial charge in [0.05, 0.1) is 12.2 Å². The third kappa shape index (κ3) is 4.61. The fraction of sp³-hybridized carbons (Fsp3) is 0.429. The van der Waals surface area contributed by atoms with Gasteiger partial charge in [-0.2, -0.15) is 0 Å². The molecule has 0 aliphatic heterocycles. The average molecular weight is 294 g/mol. The number of aryl methyl sites for hydroxylation is 1. The molecule has 1 aromatic heterocycles. The average Bonchev–Trinajstić information content (AvgIpc) is 2.89. The number of aromatic nitrogens is 3. The Labute approximate surface area is 122 Å². The molecule has 0 atom stereocenters. The van der Waals surface area contributed by atoms with Gasteiger partial charge in [-0.05, 0) is 25.1 Å². The molecular weight excluding hydrogens is 275 g/mol. The van der Waals surface area contributed by atoms with E-state index in [0.717, 1.165) is 37.5 Å². The number of hydrogen-bond donors (Lipinski definition) is 1. The molecule has 20 heavy (non-hydrogen) atoms. The van der Waals surface area contributed by atoms with E-state index in [1.54, 1.807) is 16.8 Å². The van der Waals surface area contributed by atoms with Crippen LogP contribution in [0, 0.1) is 5.82 Å². The lowest BCUT2D eigenvalue weighted by Crippen LogP contribution is -2.13. The third-order valence-electron chi connectivity index (χ3n) is 2.73. The summed E-state index contributed by atoms with van der Waals surface area (Å²) in [5.74, 6) is 0.604. The summed E-state index contributed by atoms with van der Waals surface area (Å²) >= 11 is 1.49. The maximum absolute atomic E-state index is 13.4. The topological polar surface area (TPSA) is 42.7 Å². The van der Waals surface area contributed by atoms with E-state index in [9.17, 15) is 4.39 Å². The van der Waals surface area contributed by atoms with Crippen molar-refractivity contribution in [3.63, 3.8) is 0 Å². The van der Waals surface area contributed by atoms with Crippen molar-refractivity contribution >= 4 is 11.8 Å². The maximum atomic E-state index is 13.4. The van der Waals surface area contributed by atoms with Gasteiger partial charge in [0.15, 0.2) is 0 Å². The Morgan fingerprint density at radius 1 is 1.35 bits per heavy atom. The number of benzene rings is 1. The van der Waals surface area contributed by atoms with E-state index in [-0.39, 0.29) is 5.82 Å². The van der Waals surface area contributed by atoms with Crippen LogP contribution in [0.1, 0.15) is 19.0 Å². The van der Waals surface area contributed by atoms with Crippen LogP contribution in [0.15, 0.2) is 35.4 Å². The molecule has 0 spiro atoms. The van der Waals surface area contributed by atoms with Crippen LogP contribution < -0.4 is 5.32 Å². The van der Waals surface area contributed by atoms with Gasteiger partial charge < -0.3 is 5.32 Å². The highest BCUT2D eigenvalue weighted by Crippen LogP contribution is 2.21. The third-order valence-corrected chi connectivity index (χ3v) is 3.76. The molecule has 1 N–H and O–H groups in total. The first-order chi connectivity index (χ1) is 9.79. The van der Waals surface area contributed by atoms with Crippen LogP contribution in [0.5, 0.6) is 0 Å². The fourth-order valence-electron chi connectivity index (χ4n) is 1.73. The number of thioether (sulfide) groups is 1. The molecule has 6 heteroatoms. The Balaban J connectivity index is 1.75. The predicted octanol–water partition coefficient (Wildman–Crippen LogP) is 2.71. The highest BCUT2D eigenvalue weighted by Gasteiger charge is 2.03. The van der Waals surface area contributed by atoms with E-state index in [0.29, 0.717) is 4.90 Å². The summed E-state index contributed by atoms with van der Waals surface area (Å²) in [6, 6.07) is 6.82. The molecule has 2 aromatic rings. The highest BCUT2D eigenvalue weighted by molar-refractivity contribution is 7.99. The standard InChI is InChI=1S/C14H19FN4S/c1-2-7-16-10-12-11-19(18-17-12)8-9-20-14-6-4-3-5-13(14)15/h3-6,11,16H,2,7-10H2,1H3. The van der Waals surface area contributed by atoms with E-state index in [4.69, 9.17) is 0 Å². The van der Waals surface area contributed by atoms with E-state index in [1.165, 1.54) is 17.8 Å². The molecule has 0 radical (unpaired) electrons. The van der Waals surface area contributed by atoms with E-state index in [2.05, 4.69) is 22.6 Å². The number of rotatable bonds is 8. The van der Waals surface area contributed by atoms with Crippen LogP contribution >= 0.6 is 11.8 Å². The lowest BCUT2D eigenvalue weighted by atomic mass is 10.3. The van der Waals surface area contributed by atoms with Gasteiger partial charge in [-0.15, -0.1) is 16.9 Å². The monoisotopic (exact) mass is 294 g/mol. The van der Waals surface area contributed by atoms with Crippen molar-refractivity contribution in [2.24, 2.45) is 0 Å². The Morgan fingerprint density at radius 2 is 2.20 bits per heavy atom. The molecule has 0 aliphatic carbocycles. The second-order valence-electron chi connectivity index (χ2n) is 4.43. The second-order valence-corrected chi connectivity index (χ2v) is 5.57. The zero-order valence-corrected chi connectivity index (χ0v) is 12.4. The molecule has 0 saturated heterocycles. The van der Waals surface area contributed by atoms with Crippen molar-refractivity contribution in [1.82, 2.24) is 20.3 Å². The van der Waals surface area contributed by atoms with Crippen LogP contribution in [-0.4, -0.2) is 27.3 Å². The van der Waals surface area contributed by atoms with Gasteiger partial charge in [0, 0.05) is 23.4 Å².